The Balaban J connectivity index is -0.0000000133. The van der Waals surface area contributed by atoms with Gasteiger partial charge in [-0.1, -0.05) is 0 Å². The average molecular weight is 308 g/mol. The van der Waals surface area contributed by atoms with Gasteiger partial charge in [0.1, 0.15) is 0 Å². The van der Waals surface area contributed by atoms with Gasteiger partial charge in [0.05, 0.1) is 0 Å². The van der Waals surface area contributed by atoms with E-state index in [0.29, 0.717) is 0 Å². The van der Waals surface area contributed by atoms with Crippen LogP contribution in [0.4, 0.5) is 0 Å². The van der Waals surface area contributed by atoms with Crippen molar-refractivity contribution in [2.24, 2.45) is 0 Å². The molecule has 0 saturated heterocycles. The molecule has 0 aromatic carbocycles. The van der Waals surface area contributed by atoms with Crippen molar-refractivity contribution in [3.05, 3.63) is 0 Å². The Morgan fingerprint density at radius 1 is 1.29 bits per heavy atom. The third kappa shape index (κ3) is 60.0. The van der Waals surface area contributed by atoms with E-state index >= 15 is 0 Å². The van der Waals surface area contributed by atoms with Crippen molar-refractivity contribution < 1.29 is 22.1 Å². The molecule has 0 heterocycles. The summed E-state index contributed by atoms with van der Waals surface area (Å²) in [5.41, 5.74) is 0. The minimum absolute atomic E-state index is 0. The van der Waals surface area contributed by atoms with Crippen molar-refractivity contribution in [2.75, 3.05) is 0 Å². The summed E-state index contributed by atoms with van der Waals surface area (Å²) in [7, 11) is -4.64. The molecule has 3 N–H and O–H groups in total. The SMILES string of the molecule is O=P(O)(O)O.[H-].[H-].[SnH2].[Sr+2]. The van der Waals surface area contributed by atoms with Crippen molar-refractivity contribution in [3.63, 3.8) is 0 Å². The van der Waals surface area contributed by atoms with E-state index in [4.69, 9.17) is 19.2 Å². The summed E-state index contributed by atoms with van der Waals surface area (Å²) in [6.07, 6.45) is 0. The van der Waals surface area contributed by atoms with Crippen LogP contribution < -0.4 is 0 Å². The Morgan fingerprint density at radius 3 is 1.29 bits per heavy atom. The Hall–Kier alpha value is 2.39. The first-order chi connectivity index (χ1) is 2.00. The van der Waals surface area contributed by atoms with E-state index in [1.807, 2.05) is 0 Å². The van der Waals surface area contributed by atoms with Gasteiger partial charge in [0.2, 0.25) is 0 Å². The smallest absolute Gasteiger partial charge is 2.00 e. The van der Waals surface area contributed by atoms with Gasteiger partial charge in [0.25, 0.3) is 0 Å². The Morgan fingerprint density at radius 2 is 1.29 bits per heavy atom. The molecule has 0 bridgehead atoms. The third-order valence-corrected chi connectivity index (χ3v) is 0. The Kier molecular flexibility index (Phi) is 15.1. The number of hydrogen-bond donors (Lipinski definition) is 3. The first-order valence-corrected chi connectivity index (χ1v) is 2.35. The van der Waals surface area contributed by atoms with Gasteiger partial charge in [0, 0.05) is 0 Å². The molecule has 0 aliphatic rings. The molecule has 0 spiro atoms. The van der Waals surface area contributed by atoms with Crippen molar-refractivity contribution in [1.29, 1.82) is 0 Å². The zero-order valence-corrected chi connectivity index (χ0v) is 12.0. The summed E-state index contributed by atoms with van der Waals surface area (Å²) in [5, 5.41) is 0. The molecule has 0 rings (SSSR count). The second-order valence-corrected chi connectivity index (χ2v) is 1.54. The van der Waals surface area contributed by atoms with Crippen LogP contribution in [0.25, 0.3) is 0 Å². The summed E-state index contributed by atoms with van der Waals surface area (Å²) in [4.78, 5) is 21.6. The molecule has 0 aliphatic heterocycles. The molecule has 2 radical (unpaired) electrons. The molecule has 7 heavy (non-hydrogen) atoms. The van der Waals surface area contributed by atoms with Crippen LogP contribution in [-0.2, 0) is 4.57 Å². The van der Waals surface area contributed by atoms with Gasteiger partial charge in [0.15, 0.2) is 0 Å². The maximum Gasteiger partial charge on any atom is 2.00 e. The number of phosphoric acid groups is 1. The van der Waals surface area contributed by atoms with Crippen molar-refractivity contribution in [3.8, 4) is 0 Å². The van der Waals surface area contributed by atoms with Gasteiger partial charge in [-0.3, -0.25) is 0 Å². The number of hydrogen-bond acceptors (Lipinski definition) is 1. The van der Waals surface area contributed by atoms with Crippen LogP contribution in [0.2, 0.25) is 0 Å². The Bertz CT molecular complexity index is 64.7. The summed E-state index contributed by atoms with van der Waals surface area (Å²) in [6.45, 7) is 0. The van der Waals surface area contributed by atoms with Crippen molar-refractivity contribution >= 4 is 77.2 Å². The minimum Gasteiger partial charge on any atom is 2.00 e. The second kappa shape index (κ2) is 6.51. The zero-order chi connectivity index (χ0) is 4.50. The summed E-state index contributed by atoms with van der Waals surface area (Å²) in [6, 6.07) is 0. The fourth-order valence-corrected chi connectivity index (χ4v) is 0. The van der Waals surface area contributed by atoms with Crippen LogP contribution in [0, 0.1) is 0 Å². The molecule has 0 aromatic heterocycles. The topological polar surface area (TPSA) is 77.8 Å². The maximum atomic E-state index is 8.88. The fraction of sp³-hybridized carbons (Fsp3) is 0. The van der Waals surface area contributed by atoms with E-state index in [-0.39, 0.29) is 72.2 Å². The zero-order valence-electron chi connectivity index (χ0n) is 5.61. The van der Waals surface area contributed by atoms with Crippen LogP contribution in [0.3, 0.4) is 0 Å². The van der Waals surface area contributed by atoms with E-state index in [2.05, 4.69) is 0 Å². The van der Waals surface area contributed by atoms with Gasteiger partial charge in [-0.2, -0.15) is 0 Å². The molecule has 0 atom stereocenters. The predicted molar refractivity (Wildman–Crippen MR) is 30.8 cm³/mol. The molecule has 0 aromatic rings. The fourth-order valence-electron chi connectivity index (χ4n) is 0. The molecule has 42 valence electrons. The molecule has 0 unspecified atom stereocenters. The van der Waals surface area contributed by atoms with Gasteiger partial charge in [-0.05, 0) is 0 Å². The van der Waals surface area contributed by atoms with Crippen LogP contribution in [-0.4, -0.2) is 84.1 Å². The molecule has 0 fully saturated rings. The normalized spacial score (nSPS) is 8.43. The predicted octanol–water partition coefficient (Wildman–Crippen LogP) is -2.00. The van der Waals surface area contributed by atoms with Gasteiger partial charge < -0.3 is 17.5 Å². The van der Waals surface area contributed by atoms with E-state index in [9.17, 15) is 0 Å². The molecule has 0 amide bonds. The summed E-state index contributed by atoms with van der Waals surface area (Å²) >= 11 is 0. The van der Waals surface area contributed by atoms with Crippen LogP contribution in [0.5, 0.6) is 0 Å². The molecule has 0 aliphatic carbocycles. The van der Waals surface area contributed by atoms with Crippen LogP contribution in [0.15, 0.2) is 0 Å². The van der Waals surface area contributed by atoms with Crippen LogP contribution >= 0.6 is 7.82 Å². The quantitative estimate of drug-likeness (QED) is 0.357. The summed E-state index contributed by atoms with van der Waals surface area (Å²) < 4.78 is 8.88. The molecule has 0 saturated carbocycles. The minimum atomic E-state index is -4.64. The monoisotopic (exact) mass is 310 g/mol. The molecular formula is H7O4PSnSr. The van der Waals surface area contributed by atoms with Crippen molar-refractivity contribution in [1.82, 2.24) is 0 Å². The molecular weight excluding hydrogens is 301 g/mol. The van der Waals surface area contributed by atoms with Crippen LogP contribution in [0.1, 0.15) is 2.85 Å². The molecule has 7 heteroatoms. The standard InChI is InChI=1S/H3O4P.Sn.Sr.4H/c1-5(2,3)4;;;;;;/h(H3,1,2,3,4);;;;;;/q;;+2;;;2*-1. The molecule has 4 nitrogen and oxygen atoms in total. The van der Waals surface area contributed by atoms with E-state index in [1.165, 1.54) is 0 Å². The first kappa shape index (κ1) is 16.2. The first-order valence-electron chi connectivity index (χ1n) is 0.783. The second-order valence-electron chi connectivity index (χ2n) is 0.513. The van der Waals surface area contributed by atoms with Gasteiger partial charge in [-0.15, -0.1) is 0 Å². The average Bonchev–Trinajstić information content (AvgIpc) is 0.722. The largest absolute Gasteiger partial charge is 2.00 e. The van der Waals surface area contributed by atoms with Crippen molar-refractivity contribution in [2.45, 2.75) is 0 Å². The third-order valence-electron chi connectivity index (χ3n) is 0. The maximum absolute atomic E-state index is 8.88. The number of rotatable bonds is 0. The Labute approximate surface area is 97.7 Å². The van der Waals surface area contributed by atoms with Gasteiger partial charge >= 0.3 is 77.2 Å². The van der Waals surface area contributed by atoms with Gasteiger partial charge in [-0.25, -0.2) is 4.57 Å². The summed E-state index contributed by atoms with van der Waals surface area (Å²) in [5.74, 6) is 0. The van der Waals surface area contributed by atoms with E-state index < -0.39 is 7.82 Å². The van der Waals surface area contributed by atoms with E-state index in [1.54, 1.807) is 0 Å². The van der Waals surface area contributed by atoms with E-state index in [0.717, 1.165) is 0 Å².